The van der Waals surface area contributed by atoms with Crippen molar-refractivity contribution >= 4 is 32.6 Å². The number of para-hydroxylation sites is 2. The van der Waals surface area contributed by atoms with Gasteiger partial charge in [-0.3, -0.25) is 0 Å². The lowest BCUT2D eigenvalue weighted by molar-refractivity contribution is 1.18. The van der Waals surface area contributed by atoms with E-state index in [0.29, 0.717) is 5.82 Å². The van der Waals surface area contributed by atoms with Gasteiger partial charge in [-0.25, -0.2) is 9.97 Å². The molecular weight excluding hydrogens is 715 g/mol. The van der Waals surface area contributed by atoms with E-state index in [9.17, 15) is 0 Å². The molecule has 0 bridgehead atoms. The molecule has 0 saturated carbocycles. The van der Waals surface area contributed by atoms with E-state index in [1.807, 2.05) is 24.3 Å². The normalized spacial score (nSPS) is 11.4. The van der Waals surface area contributed by atoms with Crippen molar-refractivity contribution in [2.24, 2.45) is 0 Å². The molecule has 11 rings (SSSR count). The Hall–Kier alpha value is -7.88. The quantitative estimate of drug-likeness (QED) is 0.162. The molecule has 0 spiro atoms. The van der Waals surface area contributed by atoms with Gasteiger partial charge in [0.15, 0.2) is 5.82 Å². The summed E-state index contributed by atoms with van der Waals surface area (Å²) in [5, 5.41) is 4.84. The number of hydrogen-bond acceptors (Lipinski definition) is 2. The van der Waals surface area contributed by atoms with E-state index >= 15 is 0 Å². The highest BCUT2D eigenvalue weighted by Crippen LogP contribution is 2.39. The van der Waals surface area contributed by atoms with Gasteiger partial charge in [-0.1, -0.05) is 194 Å². The van der Waals surface area contributed by atoms with E-state index in [-0.39, 0.29) is 0 Å². The minimum atomic E-state index is 0.705. The van der Waals surface area contributed by atoms with Crippen LogP contribution in [0, 0.1) is 0 Å². The number of rotatable bonds is 7. The summed E-state index contributed by atoms with van der Waals surface area (Å²) in [7, 11) is 0. The van der Waals surface area contributed by atoms with Crippen LogP contribution in [0.5, 0.6) is 0 Å². The lowest BCUT2D eigenvalue weighted by Gasteiger charge is -2.14. The topological polar surface area (TPSA) is 30.7 Å². The zero-order valence-corrected chi connectivity index (χ0v) is 32.2. The van der Waals surface area contributed by atoms with Crippen LogP contribution in [-0.2, 0) is 0 Å². The van der Waals surface area contributed by atoms with Gasteiger partial charge in [0.2, 0.25) is 0 Å². The molecular formula is C56H37N3. The third kappa shape index (κ3) is 6.26. The molecule has 9 aromatic carbocycles. The van der Waals surface area contributed by atoms with E-state index in [2.05, 4.69) is 205 Å². The monoisotopic (exact) mass is 751 g/mol. The van der Waals surface area contributed by atoms with Gasteiger partial charge in [-0.15, -0.1) is 0 Å². The smallest absolute Gasteiger partial charge is 0.160 e. The minimum Gasteiger partial charge on any atom is -0.309 e. The molecule has 0 unspecified atom stereocenters. The molecule has 0 fully saturated rings. The van der Waals surface area contributed by atoms with Crippen molar-refractivity contribution in [2.75, 3.05) is 0 Å². The van der Waals surface area contributed by atoms with Crippen molar-refractivity contribution in [3.8, 4) is 73.0 Å². The third-order valence-corrected chi connectivity index (χ3v) is 11.5. The molecule has 59 heavy (non-hydrogen) atoms. The molecule has 0 aliphatic rings. The SMILES string of the molecule is c1ccc(-c2ccc(-c3cc(-c4ccc(-c5ccc(-c6ccc7c8ccccc8n(-c8ccccc8)c7c6)cc5)c5ccccc45)nc(-c4ccccc4)n3)cc2)cc1. The molecule has 11 aromatic rings. The fourth-order valence-corrected chi connectivity index (χ4v) is 8.54. The first-order valence-electron chi connectivity index (χ1n) is 20.1. The lowest BCUT2D eigenvalue weighted by Crippen LogP contribution is -1.97. The molecule has 0 N–H and O–H groups in total. The highest BCUT2D eigenvalue weighted by atomic mass is 15.0. The van der Waals surface area contributed by atoms with E-state index in [1.54, 1.807) is 0 Å². The molecule has 0 saturated heterocycles. The fraction of sp³-hybridized carbons (Fsp3) is 0. The first-order valence-corrected chi connectivity index (χ1v) is 20.1. The molecule has 276 valence electrons. The van der Waals surface area contributed by atoms with Crippen LogP contribution in [0.25, 0.3) is 106 Å². The molecule has 0 radical (unpaired) electrons. The van der Waals surface area contributed by atoms with Gasteiger partial charge < -0.3 is 4.57 Å². The minimum absolute atomic E-state index is 0.705. The van der Waals surface area contributed by atoms with Crippen molar-refractivity contribution in [2.45, 2.75) is 0 Å². The summed E-state index contributed by atoms with van der Waals surface area (Å²) in [6.07, 6.45) is 0. The van der Waals surface area contributed by atoms with Crippen molar-refractivity contribution in [1.82, 2.24) is 14.5 Å². The number of benzene rings is 9. The Morgan fingerprint density at radius 1 is 0.271 bits per heavy atom. The first kappa shape index (κ1) is 34.4. The Morgan fingerprint density at radius 3 is 1.46 bits per heavy atom. The average Bonchev–Trinajstić information content (AvgIpc) is 3.66. The van der Waals surface area contributed by atoms with Gasteiger partial charge in [0.25, 0.3) is 0 Å². The number of nitrogens with zero attached hydrogens (tertiary/aromatic N) is 3. The van der Waals surface area contributed by atoms with E-state index in [0.717, 1.165) is 39.2 Å². The maximum Gasteiger partial charge on any atom is 0.160 e. The van der Waals surface area contributed by atoms with Crippen LogP contribution in [0.2, 0.25) is 0 Å². The zero-order chi connectivity index (χ0) is 39.1. The summed E-state index contributed by atoms with van der Waals surface area (Å²) in [5.41, 5.74) is 15.6. The number of fused-ring (bicyclic) bond motifs is 4. The number of hydrogen-bond donors (Lipinski definition) is 0. The summed E-state index contributed by atoms with van der Waals surface area (Å²) >= 11 is 0. The van der Waals surface area contributed by atoms with Crippen LogP contribution < -0.4 is 0 Å². The molecule has 3 heteroatoms. The summed E-state index contributed by atoms with van der Waals surface area (Å²) in [4.78, 5) is 10.3. The third-order valence-electron chi connectivity index (χ3n) is 11.5. The summed E-state index contributed by atoms with van der Waals surface area (Å²) in [6, 6.07) is 79.9. The average molecular weight is 752 g/mol. The Labute approximate surface area is 343 Å². The molecule has 0 atom stereocenters. The van der Waals surface area contributed by atoms with E-state index in [1.165, 1.54) is 60.6 Å². The Bertz CT molecular complexity index is 3280. The van der Waals surface area contributed by atoms with E-state index in [4.69, 9.17) is 9.97 Å². The van der Waals surface area contributed by atoms with Gasteiger partial charge in [0, 0.05) is 33.2 Å². The maximum absolute atomic E-state index is 5.21. The van der Waals surface area contributed by atoms with Crippen LogP contribution in [0.3, 0.4) is 0 Å². The molecule has 0 aliphatic carbocycles. The molecule has 2 heterocycles. The maximum atomic E-state index is 5.21. The summed E-state index contributed by atoms with van der Waals surface area (Å²) < 4.78 is 2.38. The zero-order valence-electron chi connectivity index (χ0n) is 32.2. The van der Waals surface area contributed by atoms with Gasteiger partial charge >= 0.3 is 0 Å². The van der Waals surface area contributed by atoms with Crippen LogP contribution in [0.1, 0.15) is 0 Å². The van der Waals surface area contributed by atoms with E-state index < -0.39 is 0 Å². The standard InChI is InChI=1S/C56H37N3/c1-4-14-38(15-5-1)39-26-30-42(31-27-39)52-37-53(58-56(57-52)43-16-6-2-7-17-43)49-35-34-46(47-20-10-11-21-48(47)49)41-28-24-40(25-29-41)44-32-33-51-50-22-12-13-23-54(50)59(55(51)36-44)45-18-8-3-9-19-45/h1-37H. The second-order valence-electron chi connectivity index (χ2n) is 15.0. The van der Waals surface area contributed by atoms with Crippen LogP contribution in [0.15, 0.2) is 224 Å². The highest BCUT2D eigenvalue weighted by Gasteiger charge is 2.16. The van der Waals surface area contributed by atoms with Gasteiger partial charge in [-0.2, -0.15) is 0 Å². The summed E-state index contributed by atoms with van der Waals surface area (Å²) in [6.45, 7) is 0. The predicted octanol–water partition coefficient (Wildman–Crippen LogP) is 14.7. The largest absolute Gasteiger partial charge is 0.309 e. The molecule has 0 aliphatic heterocycles. The molecule has 0 amide bonds. The second kappa shape index (κ2) is 14.6. The fourth-order valence-electron chi connectivity index (χ4n) is 8.54. The van der Waals surface area contributed by atoms with Crippen molar-refractivity contribution < 1.29 is 0 Å². The second-order valence-corrected chi connectivity index (χ2v) is 15.0. The van der Waals surface area contributed by atoms with Crippen LogP contribution in [0.4, 0.5) is 0 Å². The highest BCUT2D eigenvalue weighted by molar-refractivity contribution is 6.10. The lowest BCUT2D eigenvalue weighted by atomic mass is 9.92. The molecule has 2 aromatic heterocycles. The van der Waals surface area contributed by atoms with Crippen molar-refractivity contribution in [3.63, 3.8) is 0 Å². The molecule has 3 nitrogen and oxygen atoms in total. The summed E-state index contributed by atoms with van der Waals surface area (Å²) in [5.74, 6) is 0.705. The van der Waals surface area contributed by atoms with Gasteiger partial charge in [0.05, 0.1) is 22.4 Å². The van der Waals surface area contributed by atoms with Crippen LogP contribution >= 0.6 is 0 Å². The number of aromatic nitrogens is 3. The van der Waals surface area contributed by atoms with Gasteiger partial charge in [-0.05, 0) is 74.5 Å². The Kier molecular flexibility index (Phi) is 8.49. The Morgan fingerprint density at radius 2 is 0.746 bits per heavy atom. The Balaban J connectivity index is 0.979. The van der Waals surface area contributed by atoms with Crippen molar-refractivity contribution in [1.29, 1.82) is 0 Å². The van der Waals surface area contributed by atoms with Gasteiger partial charge in [0.1, 0.15) is 0 Å². The predicted molar refractivity (Wildman–Crippen MR) is 246 cm³/mol. The first-order chi connectivity index (χ1) is 29.2. The van der Waals surface area contributed by atoms with Crippen molar-refractivity contribution in [3.05, 3.63) is 224 Å². The van der Waals surface area contributed by atoms with Crippen LogP contribution in [-0.4, -0.2) is 14.5 Å².